The number of ether oxygens (including phenoxy) is 2. The first kappa shape index (κ1) is 13.5. The summed E-state index contributed by atoms with van der Waals surface area (Å²) in [6.07, 6.45) is 1.36. The number of nitrogens with zero attached hydrogens (tertiary/aromatic N) is 2. The molecule has 1 aromatic heterocycles. The minimum atomic E-state index is -0.598. The van der Waals surface area contributed by atoms with Gasteiger partial charge in [-0.1, -0.05) is 0 Å². The molecule has 0 spiro atoms. The largest absolute Gasteiger partial charge is 0.367 e. The average molecular weight is 273 g/mol. The first-order valence-corrected chi connectivity index (χ1v) is 6.16. The number of anilines is 1. The zero-order chi connectivity index (χ0) is 13.2. The second kappa shape index (κ2) is 5.36. The molecule has 7 heteroatoms. The molecule has 1 aliphatic rings. The van der Waals surface area contributed by atoms with Crippen molar-refractivity contribution >= 4 is 17.4 Å². The minimum Gasteiger partial charge on any atom is -0.367 e. The van der Waals surface area contributed by atoms with Gasteiger partial charge in [0, 0.05) is 19.3 Å². The molecule has 0 saturated carbocycles. The van der Waals surface area contributed by atoms with Gasteiger partial charge >= 0.3 is 0 Å². The number of hydrogen-bond acceptors (Lipinski definition) is 6. The molecule has 100 valence electrons. The monoisotopic (exact) mass is 272 g/mol. The van der Waals surface area contributed by atoms with Crippen LogP contribution in [0, 0.1) is 0 Å². The van der Waals surface area contributed by atoms with Crippen molar-refractivity contribution in [3.8, 4) is 0 Å². The minimum absolute atomic E-state index is 0.112. The maximum Gasteiger partial charge on any atom is 0.224 e. The van der Waals surface area contributed by atoms with E-state index in [1.165, 1.54) is 0 Å². The van der Waals surface area contributed by atoms with E-state index < -0.39 is 5.79 Å². The van der Waals surface area contributed by atoms with Gasteiger partial charge in [-0.25, -0.2) is 9.97 Å². The van der Waals surface area contributed by atoms with Crippen molar-refractivity contribution in [1.82, 2.24) is 9.97 Å². The van der Waals surface area contributed by atoms with E-state index in [0.717, 1.165) is 0 Å². The second-order valence-corrected chi connectivity index (χ2v) is 4.88. The lowest BCUT2D eigenvalue weighted by Gasteiger charge is -2.17. The van der Waals surface area contributed by atoms with E-state index >= 15 is 0 Å². The summed E-state index contributed by atoms with van der Waals surface area (Å²) < 4.78 is 11.4. The topological polar surface area (TPSA) is 82.3 Å². The number of aromatic nitrogens is 2. The van der Waals surface area contributed by atoms with Gasteiger partial charge in [0.2, 0.25) is 5.28 Å². The standard InChI is InChI=1S/C11H17ClN4O2/c1-11(2)17-7(5-13)8(18-11)6-15-9-3-4-14-10(12)16-9/h3-4,7-8H,5-6,13H2,1-2H3,(H,14,15,16). The Hall–Kier alpha value is -0.950. The van der Waals surface area contributed by atoms with E-state index in [0.29, 0.717) is 18.9 Å². The molecule has 2 rings (SSSR count). The summed E-state index contributed by atoms with van der Waals surface area (Å²) in [6, 6.07) is 1.74. The van der Waals surface area contributed by atoms with Crippen LogP contribution in [0.4, 0.5) is 5.82 Å². The molecule has 0 aromatic carbocycles. The first-order valence-electron chi connectivity index (χ1n) is 5.78. The van der Waals surface area contributed by atoms with Crippen molar-refractivity contribution in [2.75, 3.05) is 18.4 Å². The van der Waals surface area contributed by atoms with Gasteiger partial charge in [0.25, 0.3) is 0 Å². The lowest BCUT2D eigenvalue weighted by Crippen LogP contribution is -2.35. The maximum absolute atomic E-state index is 5.76. The highest BCUT2D eigenvalue weighted by molar-refractivity contribution is 6.28. The molecule has 2 unspecified atom stereocenters. The molecular weight excluding hydrogens is 256 g/mol. The third-order valence-corrected chi connectivity index (χ3v) is 2.81. The summed E-state index contributed by atoms with van der Waals surface area (Å²) in [4.78, 5) is 7.85. The van der Waals surface area contributed by atoms with Crippen molar-refractivity contribution in [2.45, 2.75) is 31.8 Å². The molecule has 1 saturated heterocycles. The van der Waals surface area contributed by atoms with E-state index in [-0.39, 0.29) is 17.5 Å². The van der Waals surface area contributed by atoms with Gasteiger partial charge in [-0.15, -0.1) is 0 Å². The fourth-order valence-corrected chi connectivity index (χ4v) is 2.07. The number of rotatable bonds is 4. The Morgan fingerprint density at radius 1 is 1.44 bits per heavy atom. The molecule has 18 heavy (non-hydrogen) atoms. The molecule has 0 amide bonds. The third-order valence-electron chi connectivity index (χ3n) is 2.63. The van der Waals surface area contributed by atoms with Crippen LogP contribution < -0.4 is 11.1 Å². The summed E-state index contributed by atoms with van der Waals surface area (Å²) in [5, 5.41) is 3.34. The fraction of sp³-hybridized carbons (Fsp3) is 0.636. The predicted molar refractivity (Wildman–Crippen MR) is 68.4 cm³/mol. The smallest absolute Gasteiger partial charge is 0.224 e. The van der Waals surface area contributed by atoms with Crippen LogP contribution in [0.1, 0.15) is 13.8 Å². The Labute approximate surface area is 111 Å². The number of halogens is 1. The Bertz CT molecular complexity index is 416. The van der Waals surface area contributed by atoms with Gasteiger partial charge in [-0.05, 0) is 31.5 Å². The second-order valence-electron chi connectivity index (χ2n) is 4.54. The quantitative estimate of drug-likeness (QED) is 0.797. The summed E-state index contributed by atoms with van der Waals surface area (Å²) in [7, 11) is 0. The molecule has 1 aliphatic heterocycles. The van der Waals surface area contributed by atoms with E-state index in [4.69, 9.17) is 26.8 Å². The third kappa shape index (κ3) is 3.29. The molecule has 6 nitrogen and oxygen atoms in total. The normalized spacial score (nSPS) is 26.2. The molecule has 1 aromatic rings. The molecular formula is C11H17ClN4O2. The SMILES string of the molecule is CC1(C)OC(CN)C(CNc2ccnc(Cl)n2)O1. The number of nitrogens with one attached hydrogen (secondary N) is 1. The summed E-state index contributed by atoms with van der Waals surface area (Å²) in [5.41, 5.74) is 5.66. The Kier molecular flexibility index (Phi) is 4.01. The van der Waals surface area contributed by atoms with Crippen molar-refractivity contribution in [3.05, 3.63) is 17.5 Å². The average Bonchev–Trinajstić information content (AvgIpc) is 2.61. The maximum atomic E-state index is 5.76. The molecule has 1 fully saturated rings. The van der Waals surface area contributed by atoms with Crippen molar-refractivity contribution in [1.29, 1.82) is 0 Å². The van der Waals surface area contributed by atoms with Crippen LogP contribution in [0.15, 0.2) is 12.3 Å². The number of nitrogens with two attached hydrogens (primary N) is 1. The van der Waals surface area contributed by atoms with Crippen molar-refractivity contribution < 1.29 is 9.47 Å². The zero-order valence-electron chi connectivity index (χ0n) is 10.4. The fourth-order valence-electron chi connectivity index (χ4n) is 1.92. The lowest BCUT2D eigenvalue weighted by atomic mass is 10.2. The predicted octanol–water partition coefficient (Wildman–Crippen LogP) is 1.02. The Morgan fingerprint density at radius 2 is 2.17 bits per heavy atom. The van der Waals surface area contributed by atoms with Crippen molar-refractivity contribution in [3.63, 3.8) is 0 Å². The lowest BCUT2D eigenvalue weighted by molar-refractivity contribution is -0.144. The van der Waals surface area contributed by atoms with E-state index in [2.05, 4.69) is 15.3 Å². The van der Waals surface area contributed by atoms with Crippen LogP contribution in [0.3, 0.4) is 0 Å². The summed E-state index contributed by atoms with van der Waals surface area (Å²) >= 11 is 5.70. The molecule has 0 radical (unpaired) electrons. The summed E-state index contributed by atoms with van der Waals surface area (Å²) in [6.45, 7) is 4.72. The van der Waals surface area contributed by atoms with Crippen molar-refractivity contribution in [2.24, 2.45) is 5.73 Å². The van der Waals surface area contributed by atoms with Gasteiger partial charge in [0.1, 0.15) is 18.0 Å². The highest BCUT2D eigenvalue weighted by Crippen LogP contribution is 2.27. The highest BCUT2D eigenvalue weighted by Gasteiger charge is 2.40. The van der Waals surface area contributed by atoms with Gasteiger partial charge in [-0.2, -0.15) is 0 Å². The molecule has 0 aliphatic carbocycles. The molecule has 2 heterocycles. The van der Waals surface area contributed by atoms with Gasteiger partial charge < -0.3 is 20.5 Å². The van der Waals surface area contributed by atoms with Gasteiger partial charge in [0.15, 0.2) is 5.79 Å². The Morgan fingerprint density at radius 3 is 2.83 bits per heavy atom. The van der Waals surface area contributed by atoms with Crippen LogP contribution in [-0.4, -0.2) is 41.1 Å². The zero-order valence-corrected chi connectivity index (χ0v) is 11.1. The number of hydrogen-bond donors (Lipinski definition) is 2. The van der Waals surface area contributed by atoms with Gasteiger partial charge in [-0.3, -0.25) is 0 Å². The molecule has 3 N–H and O–H groups in total. The van der Waals surface area contributed by atoms with Crippen LogP contribution in [-0.2, 0) is 9.47 Å². The van der Waals surface area contributed by atoms with Crippen LogP contribution in [0.25, 0.3) is 0 Å². The van der Waals surface area contributed by atoms with Crippen LogP contribution >= 0.6 is 11.6 Å². The summed E-state index contributed by atoms with van der Waals surface area (Å²) in [5.74, 6) is 0.0544. The van der Waals surface area contributed by atoms with E-state index in [1.54, 1.807) is 12.3 Å². The van der Waals surface area contributed by atoms with Gasteiger partial charge in [0.05, 0.1) is 0 Å². The molecule has 0 bridgehead atoms. The van der Waals surface area contributed by atoms with E-state index in [9.17, 15) is 0 Å². The van der Waals surface area contributed by atoms with E-state index in [1.807, 2.05) is 13.8 Å². The van der Waals surface area contributed by atoms with Crippen LogP contribution in [0.2, 0.25) is 5.28 Å². The molecule has 2 atom stereocenters. The van der Waals surface area contributed by atoms with Crippen LogP contribution in [0.5, 0.6) is 0 Å². The highest BCUT2D eigenvalue weighted by atomic mass is 35.5. The Balaban J connectivity index is 1.93. The first-order chi connectivity index (χ1) is 8.50.